The normalized spacial score (nSPS) is 35.1. The van der Waals surface area contributed by atoms with Crippen molar-refractivity contribution in [2.24, 2.45) is 10.8 Å². The van der Waals surface area contributed by atoms with Crippen LogP contribution >= 0.6 is 0 Å². The van der Waals surface area contributed by atoms with Crippen molar-refractivity contribution in [2.45, 2.75) is 18.8 Å². The van der Waals surface area contributed by atoms with Gasteiger partial charge in [-0.2, -0.15) is 10.5 Å². The van der Waals surface area contributed by atoms with Crippen molar-refractivity contribution in [2.75, 3.05) is 7.11 Å². The Morgan fingerprint density at radius 3 is 1.95 bits per heavy atom. The Bertz CT molecular complexity index is 733. The topological polar surface area (TPSA) is 103 Å². The summed E-state index contributed by atoms with van der Waals surface area (Å²) < 4.78 is 5.10. The molecule has 1 saturated heterocycles. The molecule has 2 amide bonds. The third kappa shape index (κ3) is 1.05. The minimum absolute atomic E-state index is 0.333. The monoisotopic (exact) mass is 295 g/mol. The highest BCUT2D eigenvalue weighted by Gasteiger charge is 2.98. The number of hydrogen-bond acceptors (Lipinski definition) is 5. The summed E-state index contributed by atoms with van der Waals surface area (Å²) in [5.74, 6) is -0.743. The van der Waals surface area contributed by atoms with E-state index in [0.29, 0.717) is 17.7 Å². The zero-order valence-electron chi connectivity index (χ0n) is 12.1. The van der Waals surface area contributed by atoms with Gasteiger partial charge in [0.05, 0.1) is 24.7 Å². The lowest BCUT2D eigenvalue weighted by molar-refractivity contribution is -0.129. The number of fused-ring (bicyclic) bond motifs is 1. The van der Waals surface area contributed by atoms with E-state index in [4.69, 9.17) is 4.74 Å². The molecule has 1 N–H and O–H groups in total. The molecule has 2 aliphatic rings. The van der Waals surface area contributed by atoms with Crippen molar-refractivity contribution in [1.82, 2.24) is 5.32 Å². The maximum Gasteiger partial charge on any atom is 0.250 e. The highest BCUT2D eigenvalue weighted by Crippen LogP contribution is 2.81. The summed E-state index contributed by atoms with van der Waals surface area (Å²) in [6.45, 7) is 1.78. The molecule has 3 rings (SSSR count). The van der Waals surface area contributed by atoms with Crippen molar-refractivity contribution in [3.63, 3.8) is 0 Å². The van der Waals surface area contributed by atoms with Crippen LogP contribution in [0.5, 0.6) is 5.75 Å². The second-order valence-electron chi connectivity index (χ2n) is 5.49. The number of benzene rings is 1. The van der Waals surface area contributed by atoms with Crippen LogP contribution in [-0.2, 0) is 15.0 Å². The van der Waals surface area contributed by atoms with E-state index in [9.17, 15) is 20.1 Å². The van der Waals surface area contributed by atoms with Crippen LogP contribution in [0.25, 0.3) is 0 Å². The van der Waals surface area contributed by atoms with E-state index in [1.165, 1.54) is 7.11 Å². The van der Waals surface area contributed by atoms with E-state index >= 15 is 0 Å². The van der Waals surface area contributed by atoms with Gasteiger partial charge in [-0.25, -0.2) is 0 Å². The Labute approximate surface area is 127 Å². The van der Waals surface area contributed by atoms with Crippen LogP contribution in [0.2, 0.25) is 0 Å². The summed E-state index contributed by atoms with van der Waals surface area (Å²) in [6.07, 6.45) is 0.333. The van der Waals surface area contributed by atoms with Gasteiger partial charge < -0.3 is 4.74 Å². The van der Waals surface area contributed by atoms with E-state index in [1.807, 2.05) is 12.1 Å². The molecule has 1 aliphatic carbocycles. The number of nitrogens with zero attached hydrogens (tertiary/aromatic N) is 2. The van der Waals surface area contributed by atoms with E-state index in [-0.39, 0.29) is 0 Å². The van der Waals surface area contributed by atoms with Crippen LogP contribution in [-0.4, -0.2) is 18.9 Å². The van der Waals surface area contributed by atoms with Gasteiger partial charge in [-0.15, -0.1) is 0 Å². The molecule has 110 valence electrons. The van der Waals surface area contributed by atoms with Gasteiger partial charge in [0.25, 0.3) is 0 Å². The zero-order valence-corrected chi connectivity index (χ0v) is 12.1. The second kappa shape index (κ2) is 4.08. The molecule has 6 heteroatoms. The molecule has 1 unspecified atom stereocenters. The van der Waals surface area contributed by atoms with Gasteiger partial charge in [-0.1, -0.05) is 19.1 Å². The van der Waals surface area contributed by atoms with Gasteiger partial charge in [0.1, 0.15) is 5.75 Å². The zero-order chi connectivity index (χ0) is 16.2. The molecule has 2 fully saturated rings. The fourth-order valence-electron chi connectivity index (χ4n) is 4.15. The molecule has 1 aliphatic heterocycles. The number of carbonyl (C=O) groups excluding carboxylic acids is 2. The number of ether oxygens (including phenoxy) is 1. The second-order valence-corrected chi connectivity index (χ2v) is 5.49. The van der Waals surface area contributed by atoms with E-state index in [0.717, 1.165) is 0 Å². The van der Waals surface area contributed by atoms with Crippen LogP contribution < -0.4 is 10.1 Å². The van der Waals surface area contributed by atoms with Crippen LogP contribution in [0.15, 0.2) is 24.3 Å². The third-order valence-electron chi connectivity index (χ3n) is 5.14. The summed E-state index contributed by atoms with van der Waals surface area (Å²) >= 11 is 0. The van der Waals surface area contributed by atoms with Crippen LogP contribution in [0.3, 0.4) is 0 Å². The minimum atomic E-state index is -1.66. The molecule has 0 radical (unpaired) electrons. The fraction of sp³-hybridized carbons (Fsp3) is 0.375. The van der Waals surface area contributed by atoms with Crippen molar-refractivity contribution in [3.8, 4) is 17.9 Å². The van der Waals surface area contributed by atoms with Gasteiger partial charge >= 0.3 is 0 Å². The lowest BCUT2D eigenvalue weighted by Crippen LogP contribution is -2.39. The average Bonchev–Trinajstić information content (AvgIpc) is 3.04. The van der Waals surface area contributed by atoms with Gasteiger partial charge in [0.15, 0.2) is 10.8 Å². The predicted octanol–water partition coefficient (Wildman–Crippen LogP) is 1.03. The molecule has 0 spiro atoms. The van der Waals surface area contributed by atoms with Crippen molar-refractivity contribution < 1.29 is 14.3 Å². The maximum atomic E-state index is 12.3. The molecule has 22 heavy (non-hydrogen) atoms. The van der Waals surface area contributed by atoms with Crippen molar-refractivity contribution >= 4 is 11.8 Å². The van der Waals surface area contributed by atoms with E-state index in [2.05, 4.69) is 5.32 Å². The standard InChI is InChI=1S/C16H13N3O3/c1-3-14(10-4-6-11(22-2)7-5-10)15(8-17)12(20)19-13(21)16(14,15)9-18/h4-7H,3H2,1-2H3,(H,19,20,21)/t14?,15-,16+. The summed E-state index contributed by atoms with van der Waals surface area (Å²) in [7, 11) is 1.53. The summed E-state index contributed by atoms with van der Waals surface area (Å²) in [6, 6.07) is 10.7. The number of nitrogens with one attached hydrogen (secondary N) is 1. The van der Waals surface area contributed by atoms with Gasteiger partial charge in [0, 0.05) is 0 Å². The van der Waals surface area contributed by atoms with Gasteiger partial charge in [-0.3, -0.25) is 14.9 Å². The van der Waals surface area contributed by atoms with Crippen LogP contribution in [0.1, 0.15) is 18.9 Å². The molecular weight excluding hydrogens is 282 g/mol. The van der Waals surface area contributed by atoms with Crippen LogP contribution in [0.4, 0.5) is 0 Å². The first-order valence-corrected chi connectivity index (χ1v) is 6.85. The largest absolute Gasteiger partial charge is 0.497 e. The summed E-state index contributed by atoms with van der Waals surface area (Å²) in [4.78, 5) is 24.6. The number of nitriles is 2. The Morgan fingerprint density at radius 2 is 1.59 bits per heavy atom. The van der Waals surface area contributed by atoms with E-state index in [1.54, 1.807) is 31.2 Å². The molecule has 3 atom stereocenters. The highest BCUT2D eigenvalue weighted by molar-refractivity contribution is 6.21. The molecule has 1 aromatic rings. The molecule has 6 nitrogen and oxygen atoms in total. The molecule has 0 bridgehead atoms. The number of methoxy groups -OCH3 is 1. The molecule has 1 aromatic carbocycles. The first kappa shape index (κ1) is 14.1. The highest BCUT2D eigenvalue weighted by atomic mass is 16.5. The minimum Gasteiger partial charge on any atom is -0.497 e. The van der Waals surface area contributed by atoms with Crippen molar-refractivity contribution in [1.29, 1.82) is 10.5 Å². The number of carbonyl (C=O) groups is 2. The predicted molar refractivity (Wildman–Crippen MR) is 74.2 cm³/mol. The fourth-order valence-corrected chi connectivity index (χ4v) is 4.15. The van der Waals surface area contributed by atoms with Crippen molar-refractivity contribution in [3.05, 3.63) is 29.8 Å². The SMILES string of the molecule is CCC1(c2ccc(OC)cc2)[C@]2(C#N)C(=O)NC(=O)[C@]12C#N. The Morgan fingerprint density at radius 1 is 1.09 bits per heavy atom. The average molecular weight is 295 g/mol. The Balaban J connectivity index is 2.27. The number of rotatable bonds is 3. The number of imide groups is 1. The Kier molecular flexibility index (Phi) is 2.61. The molecule has 0 aromatic heterocycles. The number of amides is 2. The lowest BCUT2D eigenvalue weighted by Gasteiger charge is -2.22. The number of hydrogen-bond donors (Lipinski definition) is 1. The molecule has 1 saturated carbocycles. The van der Waals surface area contributed by atoms with E-state index < -0.39 is 28.1 Å². The molecule has 1 heterocycles. The number of piperidine rings is 1. The maximum absolute atomic E-state index is 12.3. The summed E-state index contributed by atoms with van der Waals surface area (Å²) in [5, 5.41) is 21.4. The smallest absolute Gasteiger partial charge is 0.250 e. The van der Waals surface area contributed by atoms with Crippen LogP contribution in [0, 0.1) is 33.5 Å². The third-order valence-corrected chi connectivity index (χ3v) is 5.14. The van der Waals surface area contributed by atoms with Gasteiger partial charge in [-0.05, 0) is 24.1 Å². The lowest BCUT2D eigenvalue weighted by atomic mass is 9.81. The molecular formula is C16H13N3O3. The summed E-state index contributed by atoms with van der Waals surface area (Å²) in [5.41, 5.74) is -3.80. The first-order chi connectivity index (χ1) is 10.5. The quantitative estimate of drug-likeness (QED) is 0.839. The van der Waals surface area contributed by atoms with Gasteiger partial charge in [0.2, 0.25) is 11.8 Å². The Hall–Kier alpha value is -2.86. The first-order valence-electron chi connectivity index (χ1n) is 6.85.